The van der Waals surface area contributed by atoms with E-state index in [1.54, 1.807) is 6.07 Å². The maximum Gasteiger partial charge on any atom is 0.124 e. The van der Waals surface area contributed by atoms with Crippen molar-refractivity contribution < 1.29 is 5.11 Å². The zero-order valence-electron chi connectivity index (χ0n) is 11.5. The Balaban J connectivity index is 1.87. The molecule has 1 aliphatic carbocycles. The lowest BCUT2D eigenvalue weighted by atomic mass is 10.2. The van der Waals surface area contributed by atoms with E-state index in [1.165, 1.54) is 31.4 Å². The molecule has 0 amide bonds. The smallest absolute Gasteiger partial charge is 0.124 e. The molecule has 3 rings (SSSR count). The zero-order chi connectivity index (χ0) is 13.2. The number of nitrogens with zero attached hydrogens (tertiary/aromatic N) is 1. The average molecular weight is 258 g/mol. The predicted octanol–water partition coefficient (Wildman–Crippen LogP) is 3.40. The summed E-state index contributed by atoms with van der Waals surface area (Å²) in [6, 6.07) is 8.55. The van der Waals surface area contributed by atoms with Gasteiger partial charge in [0.2, 0.25) is 0 Å². The van der Waals surface area contributed by atoms with Crippen LogP contribution in [0.25, 0.3) is 10.9 Å². The average Bonchev–Trinajstić information content (AvgIpc) is 3.03. The SMILES string of the molecule is CCn1c(CNC2CCCC2)cc2c(O)cccc21. The van der Waals surface area contributed by atoms with Crippen LogP contribution in [0.3, 0.4) is 0 Å². The van der Waals surface area contributed by atoms with E-state index < -0.39 is 0 Å². The number of benzene rings is 1. The molecule has 1 aromatic heterocycles. The molecule has 0 bridgehead atoms. The largest absolute Gasteiger partial charge is 0.507 e. The first kappa shape index (κ1) is 12.5. The summed E-state index contributed by atoms with van der Waals surface area (Å²) >= 11 is 0. The van der Waals surface area contributed by atoms with Crippen LogP contribution in [0.2, 0.25) is 0 Å². The van der Waals surface area contributed by atoms with Crippen molar-refractivity contribution in [3.05, 3.63) is 30.0 Å². The molecule has 3 heteroatoms. The number of aryl methyl sites for hydroxylation is 1. The van der Waals surface area contributed by atoms with Crippen LogP contribution in [0.5, 0.6) is 5.75 Å². The Kier molecular flexibility index (Phi) is 3.47. The molecule has 2 aromatic rings. The Morgan fingerprint density at radius 3 is 2.84 bits per heavy atom. The fraction of sp³-hybridized carbons (Fsp3) is 0.500. The first-order valence-electron chi connectivity index (χ1n) is 7.33. The normalized spacial score (nSPS) is 16.5. The van der Waals surface area contributed by atoms with Crippen LogP contribution in [0.4, 0.5) is 0 Å². The van der Waals surface area contributed by atoms with Gasteiger partial charge in [0.15, 0.2) is 0 Å². The summed E-state index contributed by atoms with van der Waals surface area (Å²) in [4.78, 5) is 0. The molecule has 0 unspecified atom stereocenters. The summed E-state index contributed by atoms with van der Waals surface area (Å²) in [7, 11) is 0. The lowest BCUT2D eigenvalue weighted by molar-refractivity contribution is 0.481. The van der Waals surface area contributed by atoms with Gasteiger partial charge >= 0.3 is 0 Å². The fourth-order valence-corrected chi connectivity index (χ4v) is 3.22. The molecule has 3 nitrogen and oxygen atoms in total. The van der Waals surface area contributed by atoms with Gasteiger partial charge in [-0.3, -0.25) is 0 Å². The Morgan fingerprint density at radius 2 is 2.11 bits per heavy atom. The van der Waals surface area contributed by atoms with Crippen LogP contribution in [-0.2, 0) is 13.1 Å². The van der Waals surface area contributed by atoms with E-state index in [4.69, 9.17) is 0 Å². The van der Waals surface area contributed by atoms with Crippen molar-refractivity contribution >= 4 is 10.9 Å². The second-order valence-electron chi connectivity index (χ2n) is 5.45. The van der Waals surface area contributed by atoms with E-state index in [0.717, 1.165) is 24.0 Å². The Hall–Kier alpha value is -1.48. The molecule has 1 saturated carbocycles. The highest BCUT2D eigenvalue weighted by Crippen LogP contribution is 2.28. The van der Waals surface area contributed by atoms with Gasteiger partial charge in [0, 0.05) is 30.2 Å². The number of hydrogen-bond acceptors (Lipinski definition) is 2. The second-order valence-corrected chi connectivity index (χ2v) is 5.45. The first-order chi connectivity index (χ1) is 9.29. The van der Waals surface area contributed by atoms with Crippen molar-refractivity contribution in [3.63, 3.8) is 0 Å². The molecule has 1 aromatic carbocycles. The van der Waals surface area contributed by atoms with Crippen molar-refractivity contribution in [2.75, 3.05) is 0 Å². The Morgan fingerprint density at radius 1 is 1.32 bits per heavy atom. The highest BCUT2D eigenvalue weighted by Gasteiger charge is 2.16. The van der Waals surface area contributed by atoms with Gasteiger partial charge in [0.1, 0.15) is 5.75 Å². The van der Waals surface area contributed by atoms with E-state index >= 15 is 0 Å². The minimum Gasteiger partial charge on any atom is -0.507 e. The van der Waals surface area contributed by atoms with Crippen molar-refractivity contribution in [2.45, 2.75) is 51.7 Å². The summed E-state index contributed by atoms with van der Waals surface area (Å²) < 4.78 is 2.29. The van der Waals surface area contributed by atoms with E-state index in [-0.39, 0.29) is 0 Å². The topological polar surface area (TPSA) is 37.2 Å². The third-order valence-corrected chi connectivity index (χ3v) is 4.25. The molecule has 1 heterocycles. The summed E-state index contributed by atoms with van der Waals surface area (Å²) in [5.41, 5.74) is 2.40. The van der Waals surface area contributed by atoms with Gasteiger partial charge in [-0.05, 0) is 38.0 Å². The maximum absolute atomic E-state index is 9.95. The summed E-state index contributed by atoms with van der Waals surface area (Å²) in [6.07, 6.45) is 5.32. The predicted molar refractivity (Wildman–Crippen MR) is 78.4 cm³/mol. The van der Waals surface area contributed by atoms with E-state index in [9.17, 15) is 5.11 Å². The van der Waals surface area contributed by atoms with E-state index in [1.807, 2.05) is 6.07 Å². The van der Waals surface area contributed by atoms with Crippen molar-refractivity contribution in [2.24, 2.45) is 0 Å². The highest BCUT2D eigenvalue weighted by atomic mass is 16.3. The van der Waals surface area contributed by atoms with Crippen LogP contribution in [-0.4, -0.2) is 15.7 Å². The molecule has 2 N–H and O–H groups in total. The van der Waals surface area contributed by atoms with E-state index in [2.05, 4.69) is 28.9 Å². The quantitative estimate of drug-likeness (QED) is 0.882. The van der Waals surface area contributed by atoms with E-state index in [0.29, 0.717) is 11.8 Å². The first-order valence-corrected chi connectivity index (χ1v) is 7.33. The monoisotopic (exact) mass is 258 g/mol. The molecular formula is C16H22N2O. The van der Waals surface area contributed by atoms with Crippen molar-refractivity contribution in [1.29, 1.82) is 0 Å². The molecule has 1 fully saturated rings. The van der Waals surface area contributed by atoms with Crippen molar-refractivity contribution in [1.82, 2.24) is 9.88 Å². The van der Waals surface area contributed by atoms with Crippen molar-refractivity contribution in [3.8, 4) is 5.75 Å². The number of rotatable bonds is 4. The molecule has 102 valence electrons. The number of nitrogens with one attached hydrogen (secondary N) is 1. The highest BCUT2D eigenvalue weighted by molar-refractivity contribution is 5.87. The number of phenolic OH excluding ortho intramolecular Hbond substituents is 1. The second kappa shape index (κ2) is 5.25. The summed E-state index contributed by atoms with van der Waals surface area (Å²) in [6.45, 7) is 3.99. The third-order valence-electron chi connectivity index (χ3n) is 4.25. The molecule has 0 atom stereocenters. The number of phenols is 1. The number of hydrogen-bond donors (Lipinski definition) is 2. The maximum atomic E-state index is 9.95. The van der Waals surface area contributed by atoms with Gasteiger partial charge in [-0.1, -0.05) is 18.9 Å². The summed E-state index contributed by atoms with van der Waals surface area (Å²) in [5, 5.41) is 14.6. The Labute approximate surface area is 114 Å². The van der Waals surface area contributed by atoms with Crippen LogP contribution in [0, 0.1) is 0 Å². The standard InChI is InChI=1S/C16H22N2O/c1-2-18-13(11-17-12-6-3-4-7-12)10-14-15(18)8-5-9-16(14)19/h5,8-10,12,17,19H,2-4,6-7,11H2,1H3. The fourth-order valence-electron chi connectivity index (χ4n) is 3.22. The molecule has 0 radical (unpaired) electrons. The molecule has 0 aliphatic heterocycles. The van der Waals surface area contributed by atoms with Gasteiger partial charge in [0.05, 0.1) is 5.52 Å². The number of fused-ring (bicyclic) bond motifs is 1. The number of aromatic hydroxyl groups is 1. The number of aromatic nitrogens is 1. The molecular weight excluding hydrogens is 236 g/mol. The van der Waals surface area contributed by atoms with Gasteiger partial charge in [-0.2, -0.15) is 0 Å². The lowest BCUT2D eigenvalue weighted by Gasteiger charge is -2.13. The third kappa shape index (κ3) is 2.35. The molecule has 0 saturated heterocycles. The van der Waals surface area contributed by atoms with Gasteiger partial charge in [-0.15, -0.1) is 0 Å². The van der Waals surface area contributed by atoms with Crippen LogP contribution < -0.4 is 5.32 Å². The molecule has 19 heavy (non-hydrogen) atoms. The zero-order valence-corrected chi connectivity index (χ0v) is 11.5. The van der Waals surface area contributed by atoms with Crippen LogP contribution >= 0.6 is 0 Å². The van der Waals surface area contributed by atoms with Gasteiger partial charge in [0.25, 0.3) is 0 Å². The minimum atomic E-state index is 0.381. The van der Waals surface area contributed by atoms with Gasteiger partial charge in [-0.25, -0.2) is 0 Å². The summed E-state index contributed by atoms with van der Waals surface area (Å²) in [5.74, 6) is 0.381. The van der Waals surface area contributed by atoms with Crippen LogP contribution in [0.1, 0.15) is 38.3 Å². The minimum absolute atomic E-state index is 0.381. The Bertz CT molecular complexity index is 567. The lowest BCUT2D eigenvalue weighted by Crippen LogP contribution is -2.26. The molecule has 1 aliphatic rings. The molecule has 0 spiro atoms. The van der Waals surface area contributed by atoms with Gasteiger partial charge < -0.3 is 15.0 Å². The van der Waals surface area contributed by atoms with Crippen LogP contribution in [0.15, 0.2) is 24.3 Å².